The van der Waals surface area contributed by atoms with Gasteiger partial charge in [0.2, 0.25) is 0 Å². The van der Waals surface area contributed by atoms with E-state index in [9.17, 15) is 0 Å². The summed E-state index contributed by atoms with van der Waals surface area (Å²) in [6.45, 7) is 6.41. The first-order chi connectivity index (χ1) is 8.22. The molecule has 0 fully saturated rings. The van der Waals surface area contributed by atoms with Gasteiger partial charge in [0.25, 0.3) is 0 Å². The lowest BCUT2D eigenvalue weighted by molar-refractivity contribution is 0.172. The van der Waals surface area contributed by atoms with Gasteiger partial charge in [-0.3, -0.25) is 4.98 Å². The van der Waals surface area contributed by atoms with Gasteiger partial charge < -0.3 is 14.8 Å². The molecular weight excluding hydrogens is 216 g/mol. The zero-order chi connectivity index (χ0) is 12.5. The highest BCUT2D eigenvalue weighted by Gasteiger charge is 1.99. The molecule has 4 heteroatoms. The fourth-order valence-corrected chi connectivity index (χ4v) is 1.34. The van der Waals surface area contributed by atoms with Crippen LogP contribution in [-0.2, 0) is 11.3 Å². The van der Waals surface area contributed by atoms with Crippen molar-refractivity contribution in [3.05, 3.63) is 24.0 Å². The molecule has 96 valence electrons. The van der Waals surface area contributed by atoms with Crippen LogP contribution >= 0.6 is 0 Å². The minimum absolute atomic E-state index is 0.461. The lowest BCUT2D eigenvalue weighted by Gasteiger charge is -2.09. The summed E-state index contributed by atoms with van der Waals surface area (Å²) in [7, 11) is 1.70. The molecule has 0 unspecified atom stereocenters. The lowest BCUT2D eigenvalue weighted by atomic mass is 10.3. The van der Waals surface area contributed by atoms with Crippen molar-refractivity contribution in [1.82, 2.24) is 10.3 Å². The van der Waals surface area contributed by atoms with Gasteiger partial charge in [0, 0.05) is 45.0 Å². The predicted octanol–water partition coefficient (Wildman–Crippen LogP) is 1.99. The van der Waals surface area contributed by atoms with Crippen LogP contribution in [0.15, 0.2) is 18.3 Å². The maximum Gasteiger partial charge on any atom is 0.122 e. The highest BCUT2D eigenvalue weighted by molar-refractivity contribution is 5.22. The fourth-order valence-electron chi connectivity index (χ4n) is 1.34. The van der Waals surface area contributed by atoms with Gasteiger partial charge in [0.1, 0.15) is 5.75 Å². The van der Waals surface area contributed by atoms with Gasteiger partial charge in [-0.2, -0.15) is 0 Å². The van der Waals surface area contributed by atoms with E-state index in [0.29, 0.717) is 12.6 Å². The number of nitrogens with one attached hydrogen (secondary N) is 1. The van der Waals surface area contributed by atoms with Crippen LogP contribution in [0.2, 0.25) is 0 Å². The number of methoxy groups -OCH3 is 1. The summed E-state index contributed by atoms with van der Waals surface area (Å²) in [6.07, 6.45) is 2.68. The molecule has 0 spiro atoms. The second-order valence-electron chi connectivity index (χ2n) is 4.21. The van der Waals surface area contributed by atoms with Crippen molar-refractivity contribution in [3.63, 3.8) is 0 Å². The Kier molecular flexibility index (Phi) is 6.58. The van der Waals surface area contributed by atoms with Crippen LogP contribution in [0, 0.1) is 0 Å². The first-order valence-electron chi connectivity index (χ1n) is 6.02. The summed E-state index contributed by atoms with van der Waals surface area (Å²) < 4.78 is 10.6. The Bertz CT molecular complexity index is 316. The van der Waals surface area contributed by atoms with E-state index in [1.54, 1.807) is 13.3 Å². The van der Waals surface area contributed by atoms with Gasteiger partial charge in [-0.15, -0.1) is 0 Å². The summed E-state index contributed by atoms with van der Waals surface area (Å²) in [5.41, 5.74) is 1.00. The van der Waals surface area contributed by atoms with Crippen LogP contribution in [0.4, 0.5) is 0 Å². The molecule has 1 rings (SSSR count). The summed E-state index contributed by atoms with van der Waals surface area (Å²) in [5, 5.41) is 3.33. The van der Waals surface area contributed by atoms with Crippen molar-refractivity contribution >= 4 is 0 Å². The van der Waals surface area contributed by atoms with Crippen molar-refractivity contribution in [3.8, 4) is 5.75 Å². The van der Waals surface area contributed by atoms with Gasteiger partial charge in [0.15, 0.2) is 0 Å². The Balaban J connectivity index is 2.37. The summed E-state index contributed by atoms with van der Waals surface area (Å²) >= 11 is 0. The molecule has 1 aromatic heterocycles. The zero-order valence-corrected chi connectivity index (χ0v) is 10.9. The Labute approximate surface area is 103 Å². The van der Waals surface area contributed by atoms with E-state index in [4.69, 9.17) is 9.47 Å². The minimum atomic E-state index is 0.461. The molecule has 0 saturated carbocycles. The maximum absolute atomic E-state index is 5.61. The largest absolute Gasteiger partial charge is 0.493 e. The molecule has 0 bridgehead atoms. The molecule has 0 aromatic carbocycles. The smallest absolute Gasteiger partial charge is 0.122 e. The highest BCUT2D eigenvalue weighted by Crippen LogP contribution is 2.11. The number of hydrogen-bond acceptors (Lipinski definition) is 4. The first-order valence-corrected chi connectivity index (χ1v) is 6.02. The number of ether oxygens (including phenoxy) is 2. The third kappa shape index (κ3) is 6.24. The number of hydrogen-bond donors (Lipinski definition) is 1. The summed E-state index contributed by atoms with van der Waals surface area (Å²) in [5.74, 6) is 0.872. The van der Waals surface area contributed by atoms with E-state index in [-0.39, 0.29) is 0 Å². The molecule has 0 atom stereocenters. The predicted molar refractivity (Wildman–Crippen MR) is 68.2 cm³/mol. The third-order valence-corrected chi connectivity index (χ3v) is 2.24. The molecule has 0 saturated heterocycles. The van der Waals surface area contributed by atoms with E-state index in [1.165, 1.54) is 0 Å². The topological polar surface area (TPSA) is 43.4 Å². The number of nitrogens with zero attached hydrogens (tertiary/aromatic N) is 1. The monoisotopic (exact) mass is 238 g/mol. The number of pyridine rings is 1. The SMILES string of the molecule is COCCCOc1ccnc(CNC(C)C)c1. The second-order valence-corrected chi connectivity index (χ2v) is 4.21. The molecule has 0 aliphatic carbocycles. The molecule has 1 N–H and O–H groups in total. The maximum atomic E-state index is 5.61. The quantitative estimate of drug-likeness (QED) is 0.703. The van der Waals surface area contributed by atoms with Crippen molar-refractivity contribution in [2.45, 2.75) is 32.9 Å². The highest BCUT2D eigenvalue weighted by atomic mass is 16.5. The van der Waals surface area contributed by atoms with E-state index in [1.807, 2.05) is 12.1 Å². The average molecular weight is 238 g/mol. The Morgan fingerprint density at radius 3 is 2.88 bits per heavy atom. The fraction of sp³-hybridized carbons (Fsp3) is 0.615. The van der Waals surface area contributed by atoms with Gasteiger partial charge >= 0.3 is 0 Å². The summed E-state index contributed by atoms with van der Waals surface area (Å²) in [6, 6.07) is 4.32. The molecule has 0 amide bonds. The normalized spacial score (nSPS) is 10.8. The van der Waals surface area contributed by atoms with E-state index in [2.05, 4.69) is 24.1 Å². The van der Waals surface area contributed by atoms with Crippen molar-refractivity contribution in [2.75, 3.05) is 20.3 Å². The number of rotatable bonds is 8. The molecule has 1 heterocycles. The minimum Gasteiger partial charge on any atom is -0.493 e. The Morgan fingerprint density at radius 1 is 1.35 bits per heavy atom. The molecule has 17 heavy (non-hydrogen) atoms. The average Bonchev–Trinajstić information content (AvgIpc) is 2.33. The van der Waals surface area contributed by atoms with Crippen LogP contribution in [0.5, 0.6) is 5.75 Å². The van der Waals surface area contributed by atoms with Crippen LogP contribution in [0.3, 0.4) is 0 Å². The Morgan fingerprint density at radius 2 is 2.18 bits per heavy atom. The molecule has 0 aliphatic rings. The molecule has 0 radical (unpaired) electrons. The van der Waals surface area contributed by atoms with Crippen molar-refractivity contribution in [2.24, 2.45) is 0 Å². The molecule has 4 nitrogen and oxygen atoms in total. The number of aromatic nitrogens is 1. The molecular formula is C13H22N2O2. The molecule has 0 aliphatic heterocycles. The van der Waals surface area contributed by atoms with Gasteiger partial charge in [0.05, 0.1) is 12.3 Å². The second kappa shape index (κ2) is 8.03. The van der Waals surface area contributed by atoms with Crippen LogP contribution in [-0.4, -0.2) is 31.3 Å². The van der Waals surface area contributed by atoms with Gasteiger partial charge in [-0.05, 0) is 6.07 Å². The summed E-state index contributed by atoms with van der Waals surface area (Å²) in [4.78, 5) is 4.29. The third-order valence-electron chi connectivity index (χ3n) is 2.24. The zero-order valence-electron chi connectivity index (χ0n) is 10.9. The van der Waals surface area contributed by atoms with Crippen molar-refractivity contribution in [1.29, 1.82) is 0 Å². The van der Waals surface area contributed by atoms with Crippen LogP contribution in [0.1, 0.15) is 26.0 Å². The van der Waals surface area contributed by atoms with Gasteiger partial charge in [-0.1, -0.05) is 13.8 Å². The van der Waals surface area contributed by atoms with E-state index < -0.39 is 0 Å². The molecule has 1 aromatic rings. The van der Waals surface area contributed by atoms with E-state index >= 15 is 0 Å². The Hall–Kier alpha value is -1.13. The van der Waals surface area contributed by atoms with E-state index in [0.717, 1.165) is 31.0 Å². The standard InChI is InChI=1S/C13H22N2O2/c1-11(2)15-10-12-9-13(5-6-14-12)17-8-4-7-16-3/h5-6,9,11,15H,4,7-8,10H2,1-3H3. The lowest BCUT2D eigenvalue weighted by Crippen LogP contribution is -2.22. The first kappa shape index (κ1) is 13.9. The van der Waals surface area contributed by atoms with Crippen molar-refractivity contribution < 1.29 is 9.47 Å². The van der Waals surface area contributed by atoms with Crippen LogP contribution in [0.25, 0.3) is 0 Å². The van der Waals surface area contributed by atoms with Gasteiger partial charge in [-0.25, -0.2) is 0 Å². The van der Waals surface area contributed by atoms with Crippen LogP contribution < -0.4 is 10.1 Å².